The van der Waals surface area contributed by atoms with Crippen molar-refractivity contribution in [2.24, 2.45) is 5.11 Å². The molecule has 3 N–H and O–H groups in total. The molecule has 0 bridgehead atoms. The molecule has 7 atom stereocenters. The highest BCUT2D eigenvalue weighted by Gasteiger charge is 2.88. The summed E-state index contributed by atoms with van der Waals surface area (Å²) in [4.78, 5) is 28.4. The zero-order chi connectivity index (χ0) is 29.3. The van der Waals surface area contributed by atoms with E-state index in [9.17, 15) is 19.3 Å². The van der Waals surface area contributed by atoms with Crippen molar-refractivity contribution in [3.8, 4) is 5.75 Å². The third-order valence-electron chi connectivity index (χ3n) is 7.68. The Labute approximate surface area is 234 Å². The van der Waals surface area contributed by atoms with Gasteiger partial charge in [-0.25, -0.2) is 18.8 Å². The molecule has 1 aromatic heterocycles. The van der Waals surface area contributed by atoms with Crippen LogP contribution in [0.1, 0.15) is 45.3 Å². The van der Waals surface area contributed by atoms with Gasteiger partial charge in [0.25, 0.3) is 5.56 Å². The Kier molecular flexibility index (Phi) is 8.40. The Morgan fingerprint density at radius 3 is 2.71 bits per heavy atom. The molecule has 14 nitrogen and oxygen atoms in total. The van der Waals surface area contributed by atoms with Gasteiger partial charge in [0.2, 0.25) is 0 Å². The molecule has 0 spiro atoms. The van der Waals surface area contributed by atoms with Gasteiger partial charge in [-0.2, -0.15) is 0 Å². The molecule has 2 heterocycles. The first-order valence-electron chi connectivity index (χ1n) is 13.4. The van der Waals surface area contributed by atoms with Crippen molar-refractivity contribution in [2.75, 3.05) is 13.2 Å². The van der Waals surface area contributed by atoms with Crippen molar-refractivity contribution in [3.05, 3.63) is 73.9 Å². The molecule has 2 saturated carbocycles. The molecule has 16 heteroatoms. The lowest BCUT2D eigenvalue weighted by Crippen LogP contribution is -2.39. The van der Waals surface area contributed by atoms with Gasteiger partial charge in [-0.3, -0.25) is 18.9 Å². The zero-order valence-corrected chi connectivity index (χ0v) is 23.2. The lowest BCUT2D eigenvalue weighted by atomic mass is 9.98. The molecular weight excluding hydrogens is 562 g/mol. The molecule has 41 heavy (non-hydrogen) atoms. The normalized spacial score (nSPS) is 31.4. The molecule has 3 fully saturated rings. The number of nitrogens with zero attached hydrogens (tertiary/aromatic N) is 4. The molecule has 3 aliphatic rings. The van der Waals surface area contributed by atoms with Gasteiger partial charge in [-0.1, -0.05) is 42.6 Å². The number of benzene rings is 1. The van der Waals surface area contributed by atoms with E-state index >= 15 is 4.39 Å². The lowest BCUT2D eigenvalue weighted by molar-refractivity contribution is -0.0805. The van der Waals surface area contributed by atoms with E-state index in [0.717, 1.165) is 42.5 Å². The van der Waals surface area contributed by atoms with Gasteiger partial charge in [0.1, 0.15) is 23.0 Å². The van der Waals surface area contributed by atoms with Crippen molar-refractivity contribution < 1.29 is 32.6 Å². The number of hydrogen-bond donors (Lipinski definition) is 3. The number of alkyl halides is 1. The first kappa shape index (κ1) is 29.5. The number of rotatable bonds is 12. The minimum absolute atomic E-state index is 0.106. The Morgan fingerprint density at radius 1 is 1.29 bits per heavy atom. The van der Waals surface area contributed by atoms with Crippen LogP contribution >= 0.6 is 7.75 Å². The molecule has 3 unspecified atom stereocenters. The van der Waals surface area contributed by atoms with Crippen LogP contribution in [0, 0.1) is 0 Å². The van der Waals surface area contributed by atoms with E-state index in [1.54, 1.807) is 37.3 Å². The van der Waals surface area contributed by atoms with Gasteiger partial charge in [-0.05, 0) is 37.4 Å². The van der Waals surface area contributed by atoms with Crippen LogP contribution in [0.4, 0.5) is 4.39 Å². The maximum absolute atomic E-state index is 15.6. The van der Waals surface area contributed by atoms with E-state index in [4.69, 9.17) is 24.1 Å². The molecule has 0 radical (unpaired) electrons. The summed E-state index contributed by atoms with van der Waals surface area (Å²) in [6.07, 6.45) is 2.41. The molecule has 0 amide bonds. The summed E-state index contributed by atoms with van der Waals surface area (Å²) in [6, 6.07) is 7.25. The molecule has 2 aliphatic carbocycles. The first-order chi connectivity index (χ1) is 19.6. The molecule has 1 aliphatic heterocycles. The van der Waals surface area contributed by atoms with Crippen LogP contribution in [0.25, 0.3) is 10.4 Å². The summed E-state index contributed by atoms with van der Waals surface area (Å²) in [7, 11) is -4.23. The third-order valence-corrected chi connectivity index (χ3v) is 9.35. The second kappa shape index (κ2) is 11.7. The lowest BCUT2D eigenvalue weighted by Gasteiger charge is -2.28. The van der Waals surface area contributed by atoms with Crippen LogP contribution in [-0.4, -0.2) is 63.4 Å². The van der Waals surface area contributed by atoms with Gasteiger partial charge < -0.3 is 19.1 Å². The average Bonchev–Trinajstić information content (AvgIpc) is 3.37. The van der Waals surface area contributed by atoms with Crippen molar-refractivity contribution in [1.29, 1.82) is 0 Å². The second-order valence-electron chi connectivity index (χ2n) is 10.5. The van der Waals surface area contributed by atoms with E-state index in [0.29, 0.717) is 0 Å². The minimum Gasteiger partial charge on any atom is -0.413 e. The fourth-order valence-electron chi connectivity index (χ4n) is 5.53. The molecule has 1 aromatic carbocycles. The van der Waals surface area contributed by atoms with Crippen molar-refractivity contribution in [3.63, 3.8) is 0 Å². The maximum atomic E-state index is 15.6. The Morgan fingerprint density at radius 2 is 2.02 bits per heavy atom. The van der Waals surface area contributed by atoms with Gasteiger partial charge in [0, 0.05) is 23.2 Å². The van der Waals surface area contributed by atoms with Crippen LogP contribution in [0.15, 0.2) is 57.3 Å². The SMILES string of the molecule is CC(COC1CCCCC1)NP(=O)(OC[C@@]12O[C@@H](n3ccc(=O)[nH]c3=O)[C@H](F)[C@@]1(O)C2N=[N+]=[N-])Oc1ccccc1. The predicted molar refractivity (Wildman–Crippen MR) is 143 cm³/mol. The molecule has 222 valence electrons. The van der Waals surface area contributed by atoms with Crippen LogP contribution in [0.5, 0.6) is 5.75 Å². The van der Waals surface area contributed by atoms with Gasteiger partial charge in [-0.15, -0.1) is 0 Å². The zero-order valence-electron chi connectivity index (χ0n) is 22.3. The number of aliphatic hydroxyl groups is 1. The monoisotopic (exact) mass is 594 g/mol. The Bertz CT molecular complexity index is 1450. The predicted octanol–water partition coefficient (Wildman–Crippen LogP) is 3.10. The van der Waals surface area contributed by atoms with Gasteiger partial charge in [0.05, 0.1) is 19.3 Å². The summed E-state index contributed by atoms with van der Waals surface area (Å²) in [5.74, 6) is 0.215. The largest absolute Gasteiger partial charge is 0.459 e. The smallest absolute Gasteiger partial charge is 0.413 e. The van der Waals surface area contributed by atoms with Gasteiger partial charge in [0.15, 0.2) is 12.4 Å². The summed E-state index contributed by atoms with van der Waals surface area (Å²) in [5, 5.41) is 17.6. The van der Waals surface area contributed by atoms with Crippen LogP contribution in [0.3, 0.4) is 0 Å². The number of hydrogen-bond acceptors (Lipinski definition) is 9. The number of aromatic amines is 1. The standard InChI is InChI=1S/C25H32FN6O8P/c1-16(14-37-17-8-4-2-5-9-17)30-41(36,40-18-10-6-3-7-11-18)38-15-24-22(29-31-27)25(24,35)20(26)21(39-24)32-13-12-19(33)28-23(32)34/h3,6-7,10-13,16-17,20-22,35H,2,4-5,8-9,14-15H2,1H3,(H,30,36)(H,28,33,34)/t16?,20-,21+,22?,24-,25+,41?/m0/s1. The highest BCUT2D eigenvalue weighted by atomic mass is 31.2. The molecule has 1 saturated heterocycles. The van der Waals surface area contributed by atoms with E-state index in [1.807, 2.05) is 4.98 Å². The number of halogens is 1. The van der Waals surface area contributed by atoms with Gasteiger partial charge >= 0.3 is 13.4 Å². The van der Waals surface area contributed by atoms with Crippen LogP contribution in [-0.2, 0) is 18.6 Å². The highest BCUT2D eigenvalue weighted by Crippen LogP contribution is 2.66. The number of para-hydroxylation sites is 1. The summed E-state index contributed by atoms with van der Waals surface area (Å²) < 4.78 is 53.7. The van der Waals surface area contributed by atoms with E-state index in [1.165, 1.54) is 6.42 Å². The molecule has 5 rings (SSSR count). The summed E-state index contributed by atoms with van der Waals surface area (Å²) in [5.41, 5.74) is 2.95. The summed E-state index contributed by atoms with van der Waals surface area (Å²) >= 11 is 0. The fraction of sp³-hybridized carbons (Fsp3) is 0.600. The summed E-state index contributed by atoms with van der Waals surface area (Å²) in [6.45, 7) is 1.23. The number of azide groups is 1. The van der Waals surface area contributed by atoms with Crippen molar-refractivity contribution >= 4 is 7.75 Å². The van der Waals surface area contributed by atoms with Crippen LogP contribution < -0.4 is 20.9 Å². The third kappa shape index (κ3) is 5.71. The number of aromatic nitrogens is 2. The fourth-order valence-corrected chi connectivity index (χ4v) is 7.08. The first-order valence-corrected chi connectivity index (χ1v) is 14.9. The van der Waals surface area contributed by atoms with E-state index in [2.05, 4.69) is 15.1 Å². The number of nitrogens with one attached hydrogen (secondary N) is 2. The second-order valence-corrected chi connectivity index (χ2v) is 12.2. The van der Waals surface area contributed by atoms with E-state index < -0.39 is 61.3 Å². The Balaban J connectivity index is 1.36. The van der Waals surface area contributed by atoms with Crippen LogP contribution in [0.2, 0.25) is 0 Å². The molecule has 2 aromatic rings. The highest BCUT2D eigenvalue weighted by molar-refractivity contribution is 7.52. The number of H-pyrrole nitrogens is 1. The van der Waals surface area contributed by atoms with E-state index in [-0.39, 0.29) is 18.5 Å². The molecular formula is C25H32FN6O8P. The van der Waals surface area contributed by atoms with Crippen molar-refractivity contribution in [1.82, 2.24) is 14.6 Å². The number of fused-ring (bicyclic) bond motifs is 1. The van der Waals surface area contributed by atoms with Crippen molar-refractivity contribution in [2.45, 2.75) is 80.8 Å². The quantitative estimate of drug-likeness (QED) is 0.143. The minimum atomic E-state index is -4.23. The topological polar surface area (TPSA) is 190 Å². The Hall–Kier alpha value is -3.03. The average molecular weight is 595 g/mol. The number of ether oxygens (including phenoxy) is 2. The maximum Gasteiger partial charge on any atom is 0.459 e.